The molecule has 1 aromatic carbocycles. The van der Waals surface area contributed by atoms with Crippen molar-refractivity contribution in [2.24, 2.45) is 5.92 Å². The van der Waals surface area contributed by atoms with Crippen molar-refractivity contribution in [3.8, 4) is 11.5 Å². The van der Waals surface area contributed by atoms with Crippen LogP contribution in [0.3, 0.4) is 0 Å². The summed E-state index contributed by atoms with van der Waals surface area (Å²) in [6.07, 6.45) is 18.2. The maximum atomic E-state index is 12.2. The Bertz CT molecular complexity index is 1020. The van der Waals surface area contributed by atoms with E-state index in [1.54, 1.807) is 0 Å². The molecule has 244 valence electrons. The molecule has 0 saturated carbocycles. The summed E-state index contributed by atoms with van der Waals surface area (Å²) in [6.45, 7) is 15.1. The number of rotatable bonds is 21. The van der Waals surface area contributed by atoms with Crippen molar-refractivity contribution < 1.29 is 28.8 Å². The first kappa shape index (κ1) is 35.3. The van der Waals surface area contributed by atoms with E-state index in [-0.39, 0.29) is 18.8 Å². The smallest absolute Gasteiger partial charge is 0.481 e. The van der Waals surface area contributed by atoms with Crippen LogP contribution in [-0.4, -0.2) is 36.4 Å². The van der Waals surface area contributed by atoms with Crippen LogP contribution in [0.2, 0.25) is 0 Å². The van der Waals surface area contributed by atoms with E-state index in [0.29, 0.717) is 18.1 Å². The minimum absolute atomic E-state index is 0.114. The van der Waals surface area contributed by atoms with E-state index in [1.807, 2.05) is 13.0 Å². The molecular formula is C37H60O6. The number of benzene rings is 1. The van der Waals surface area contributed by atoms with Gasteiger partial charge in [-0.3, -0.25) is 0 Å². The zero-order chi connectivity index (χ0) is 31.3. The van der Waals surface area contributed by atoms with Gasteiger partial charge in [-0.2, -0.15) is 0 Å². The lowest BCUT2D eigenvalue weighted by Gasteiger charge is -2.53. The number of hydrogen-bond donors (Lipinski definition) is 1. The Kier molecular flexibility index (Phi) is 14.2. The van der Waals surface area contributed by atoms with Gasteiger partial charge >= 0.3 is 6.16 Å². The fourth-order valence-electron chi connectivity index (χ4n) is 7.53. The molecule has 0 bridgehead atoms. The number of carbonyl (C=O) groups excluding carboxylic acids is 1. The first-order valence-electron chi connectivity index (χ1n) is 17.4. The van der Waals surface area contributed by atoms with Crippen molar-refractivity contribution in [1.82, 2.24) is 0 Å². The van der Waals surface area contributed by atoms with Crippen molar-refractivity contribution in [3.63, 3.8) is 0 Å². The van der Waals surface area contributed by atoms with Gasteiger partial charge in [0.15, 0.2) is 11.5 Å². The van der Waals surface area contributed by atoms with Gasteiger partial charge in [0.25, 0.3) is 0 Å². The van der Waals surface area contributed by atoms with E-state index < -0.39 is 17.2 Å². The molecule has 1 aliphatic carbocycles. The third-order valence-electron chi connectivity index (χ3n) is 10.1. The van der Waals surface area contributed by atoms with Gasteiger partial charge in [-0.1, -0.05) is 124 Å². The molecule has 43 heavy (non-hydrogen) atoms. The van der Waals surface area contributed by atoms with E-state index in [2.05, 4.69) is 40.3 Å². The van der Waals surface area contributed by atoms with E-state index in [1.165, 1.54) is 69.8 Å². The summed E-state index contributed by atoms with van der Waals surface area (Å²) < 4.78 is 23.1. The molecule has 1 aromatic rings. The Morgan fingerprint density at radius 1 is 0.930 bits per heavy atom. The molecular weight excluding hydrogens is 540 g/mol. The Balaban J connectivity index is 1.48. The summed E-state index contributed by atoms with van der Waals surface area (Å²) in [7, 11) is 0. The van der Waals surface area contributed by atoms with Crippen molar-refractivity contribution >= 4 is 6.16 Å². The van der Waals surface area contributed by atoms with Gasteiger partial charge in [-0.15, -0.1) is 0 Å². The standard InChI is InChI=1S/C37H60O6/c1-7-11-12-13-14-15-16-17-18-19-20-21-25-40-35(38)42-27-41-31-23-22-29-26-30(10-4)36(6,39)37(24-8-2)32(29)33(31)43-34(37)28(5)9-3/h22-23,30,34,39H,5,7-21,24-27H2,1-4,6H3. The highest BCUT2D eigenvalue weighted by molar-refractivity contribution is 5.63. The SMILES string of the molecule is C=C(CC)C1Oc2c(OCOC(=O)OCCCCCCCCCCCCCC)ccc3c2C1(CCC)C(C)(O)C(CC)C3. The van der Waals surface area contributed by atoms with Gasteiger partial charge in [0.2, 0.25) is 6.79 Å². The zero-order valence-electron chi connectivity index (χ0n) is 27.9. The van der Waals surface area contributed by atoms with Gasteiger partial charge in [0.1, 0.15) is 6.10 Å². The number of carbonyl (C=O) groups is 1. The first-order chi connectivity index (χ1) is 20.8. The van der Waals surface area contributed by atoms with E-state index >= 15 is 0 Å². The predicted octanol–water partition coefficient (Wildman–Crippen LogP) is 9.98. The van der Waals surface area contributed by atoms with Crippen molar-refractivity contribution in [3.05, 3.63) is 35.4 Å². The molecule has 1 N–H and O–H groups in total. The zero-order valence-corrected chi connectivity index (χ0v) is 27.9. The quantitative estimate of drug-likeness (QED) is 0.0655. The minimum Gasteiger partial charge on any atom is -0.481 e. The Morgan fingerprint density at radius 3 is 2.14 bits per heavy atom. The summed E-state index contributed by atoms with van der Waals surface area (Å²) in [5.74, 6) is 1.28. The number of unbranched alkanes of at least 4 members (excludes halogenated alkanes) is 11. The van der Waals surface area contributed by atoms with Crippen LogP contribution in [0.15, 0.2) is 24.3 Å². The summed E-state index contributed by atoms with van der Waals surface area (Å²) >= 11 is 0. The molecule has 1 heterocycles. The molecule has 3 rings (SSSR count). The van der Waals surface area contributed by atoms with Gasteiger partial charge in [-0.25, -0.2) is 4.79 Å². The topological polar surface area (TPSA) is 74.2 Å². The maximum Gasteiger partial charge on any atom is 0.511 e. The lowest BCUT2D eigenvalue weighted by molar-refractivity contribution is -0.106. The predicted molar refractivity (Wildman–Crippen MR) is 174 cm³/mol. The molecule has 6 nitrogen and oxygen atoms in total. The average Bonchev–Trinajstić information content (AvgIpc) is 3.35. The fraction of sp³-hybridized carbons (Fsp3) is 0.757. The molecule has 0 spiro atoms. The van der Waals surface area contributed by atoms with Crippen molar-refractivity contribution in [2.75, 3.05) is 13.4 Å². The first-order valence-corrected chi connectivity index (χ1v) is 17.4. The highest BCUT2D eigenvalue weighted by atomic mass is 16.8. The van der Waals surface area contributed by atoms with Crippen LogP contribution in [0.5, 0.6) is 11.5 Å². The second-order valence-corrected chi connectivity index (χ2v) is 13.0. The van der Waals surface area contributed by atoms with Gasteiger partial charge in [0.05, 0.1) is 17.6 Å². The summed E-state index contributed by atoms with van der Waals surface area (Å²) in [5, 5.41) is 12.2. The van der Waals surface area contributed by atoms with Gasteiger partial charge < -0.3 is 24.1 Å². The van der Waals surface area contributed by atoms with E-state index in [9.17, 15) is 9.90 Å². The largest absolute Gasteiger partial charge is 0.511 e. The van der Waals surface area contributed by atoms with Crippen molar-refractivity contribution in [1.29, 1.82) is 0 Å². The van der Waals surface area contributed by atoms with Gasteiger partial charge in [-0.05, 0) is 55.7 Å². The fourth-order valence-corrected chi connectivity index (χ4v) is 7.53. The highest BCUT2D eigenvalue weighted by Gasteiger charge is 2.65. The van der Waals surface area contributed by atoms with Crippen LogP contribution in [0.25, 0.3) is 0 Å². The number of aliphatic hydroxyl groups is 1. The molecule has 4 unspecified atom stereocenters. The maximum absolute atomic E-state index is 12.2. The molecule has 0 saturated heterocycles. The summed E-state index contributed by atoms with van der Waals surface area (Å²) in [4.78, 5) is 12.2. The Hall–Kier alpha value is -2.21. The molecule has 0 aromatic heterocycles. The molecule has 2 aliphatic rings. The van der Waals surface area contributed by atoms with Crippen LogP contribution in [-0.2, 0) is 21.3 Å². The van der Waals surface area contributed by atoms with E-state index in [0.717, 1.165) is 56.1 Å². The normalized spacial score (nSPS) is 23.9. The third-order valence-corrected chi connectivity index (χ3v) is 10.1. The Morgan fingerprint density at radius 2 is 1.56 bits per heavy atom. The summed E-state index contributed by atoms with van der Waals surface area (Å²) in [5.41, 5.74) is 1.63. The molecule has 0 radical (unpaired) electrons. The Labute approximate surface area is 261 Å². The van der Waals surface area contributed by atoms with Crippen LogP contribution in [0.4, 0.5) is 4.79 Å². The lowest BCUT2D eigenvalue weighted by atomic mass is 9.52. The third kappa shape index (κ3) is 8.29. The summed E-state index contributed by atoms with van der Waals surface area (Å²) in [6, 6.07) is 3.98. The molecule has 4 atom stereocenters. The lowest BCUT2D eigenvalue weighted by Crippen LogP contribution is -2.62. The molecule has 0 amide bonds. The van der Waals surface area contributed by atoms with Crippen LogP contribution in [0.1, 0.15) is 148 Å². The number of ether oxygens (including phenoxy) is 4. The molecule has 6 heteroatoms. The highest BCUT2D eigenvalue weighted by Crippen LogP contribution is 2.62. The molecule has 1 aliphatic heterocycles. The second-order valence-electron chi connectivity index (χ2n) is 13.0. The van der Waals surface area contributed by atoms with Crippen LogP contribution in [0, 0.1) is 5.92 Å². The van der Waals surface area contributed by atoms with E-state index in [4.69, 9.17) is 18.9 Å². The van der Waals surface area contributed by atoms with Crippen LogP contribution >= 0.6 is 0 Å². The number of hydrogen-bond acceptors (Lipinski definition) is 6. The second kappa shape index (κ2) is 17.3. The van der Waals surface area contributed by atoms with Gasteiger partial charge in [0, 0.05) is 5.56 Å². The monoisotopic (exact) mass is 600 g/mol. The van der Waals surface area contributed by atoms with Crippen LogP contribution < -0.4 is 9.47 Å². The average molecular weight is 601 g/mol. The minimum atomic E-state index is -0.967. The molecule has 0 fully saturated rings. The van der Waals surface area contributed by atoms with Crippen molar-refractivity contribution in [2.45, 2.75) is 161 Å².